The molecule has 5 heterocycles. The zero-order chi connectivity index (χ0) is 31.7. The third-order valence-electron chi connectivity index (χ3n) is 9.10. The highest BCUT2D eigenvalue weighted by atomic mass is 19.1. The number of methoxy groups -OCH3 is 2. The van der Waals surface area contributed by atoms with E-state index in [9.17, 15) is 14.0 Å². The molecule has 2 aliphatic rings. The highest BCUT2D eigenvalue weighted by molar-refractivity contribution is 6.00. The number of imidazole rings is 1. The van der Waals surface area contributed by atoms with Crippen LogP contribution in [0, 0.1) is 0 Å². The smallest absolute Gasteiger partial charge is 0.251 e. The van der Waals surface area contributed by atoms with Gasteiger partial charge in [-0.25, -0.2) is 14.4 Å². The molecule has 0 spiro atoms. The lowest BCUT2D eigenvalue weighted by Gasteiger charge is -2.27. The molecule has 45 heavy (non-hydrogen) atoms. The Bertz CT molecular complexity index is 1720. The number of rotatable bonds is 5. The molecule has 0 radical (unpaired) electrons. The van der Waals surface area contributed by atoms with Gasteiger partial charge in [0, 0.05) is 38.2 Å². The first-order valence-electron chi connectivity index (χ1n) is 15.8. The summed E-state index contributed by atoms with van der Waals surface area (Å²) in [5, 5.41) is 10.0. The maximum Gasteiger partial charge on any atom is 0.251 e. The maximum absolute atomic E-state index is 14.5. The van der Waals surface area contributed by atoms with Gasteiger partial charge < -0.3 is 34.6 Å². The summed E-state index contributed by atoms with van der Waals surface area (Å²) < 4.78 is 29.9. The van der Waals surface area contributed by atoms with Crippen LogP contribution in [0.4, 0.5) is 4.39 Å². The van der Waals surface area contributed by atoms with E-state index in [0.717, 1.165) is 60.2 Å². The van der Waals surface area contributed by atoms with Crippen molar-refractivity contribution in [1.29, 1.82) is 0 Å². The van der Waals surface area contributed by atoms with Gasteiger partial charge in [-0.2, -0.15) is 0 Å². The lowest BCUT2D eigenvalue weighted by Crippen LogP contribution is -2.52. The largest absolute Gasteiger partial charge is 0.494 e. The number of amides is 2. The van der Waals surface area contributed by atoms with Gasteiger partial charge in [0.05, 0.1) is 36.1 Å². The number of ether oxygens (including phenoxy) is 2. The fourth-order valence-electron chi connectivity index (χ4n) is 6.53. The summed E-state index contributed by atoms with van der Waals surface area (Å²) in [5.74, 6) is 0.734. The fraction of sp³-hybridized carbons (Fsp3) is 0.515. The van der Waals surface area contributed by atoms with E-state index in [1.54, 1.807) is 26.4 Å². The van der Waals surface area contributed by atoms with Gasteiger partial charge in [-0.05, 0) is 63.1 Å². The molecule has 0 unspecified atom stereocenters. The van der Waals surface area contributed by atoms with E-state index in [0.29, 0.717) is 48.6 Å². The van der Waals surface area contributed by atoms with Crippen LogP contribution in [-0.4, -0.2) is 76.5 Å². The standard InChI is InChI=1S/C33H42FN7O4/c1-19-23-11-10-20-16-26(41(30(20)37-23)14-8-6-5-7-9-27(44-3)33(43)36-19)31-38-24-15-21(17-28(45-4)29(24)40(31)2)32(42)39-25-18-35-13-12-22(25)34/h10-11,15-17,19,22,25,27,35H,5-9,12-14,18H2,1-4H3,(H,36,43)(H,39,42)/t19-,22+,25+,27-/m1/s1. The topological polar surface area (TPSA) is 124 Å². The van der Waals surface area contributed by atoms with E-state index < -0.39 is 18.3 Å². The van der Waals surface area contributed by atoms with E-state index in [4.69, 9.17) is 19.4 Å². The first-order chi connectivity index (χ1) is 21.8. The van der Waals surface area contributed by atoms with Crippen LogP contribution >= 0.6 is 0 Å². The number of fused-ring (bicyclic) bond motifs is 2. The van der Waals surface area contributed by atoms with E-state index >= 15 is 0 Å². The lowest BCUT2D eigenvalue weighted by atomic mass is 10.0. The zero-order valence-corrected chi connectivity index (χ0v) is 26.4. The molecule has 2 amide bonds. The second kappa shape index (κ2) is 13.1. The number of benzene rings is 1. The summed E-state index contributed by atoms with van der Waals surface area (Å²) in [6.07, 6.45) is 3.30. The monoisotopic (exact) mass is 619 g/mol. The molecule has 1 fully saturated rings. The molecule has 3 N–H and O–H groups in total. The third-order valence-corrected chi connectivity index (χ3v) is 9.10. The molecule has 3 aromatic heterocycles. The zero-order valence-electron chi connectivity index (χ0n) is 26.4. The van der Waals surface area contributed by atoms with Crippen LogP contribution in [0.1, 0.15) is 67.5 Å². The van der Waals surface area contributed by atoms with Gasteiger partial charge in [0.2, 0.25) is 5.91 Å². The first-order valence-corrected chi connectivity index (χ1v) is 15.8. The van der Waals surface area contributed by atoms with Crippen LogP contribution in [0.2, 0.25) is 0 Å². The number of halogens is 1. The van der Waals surface area contributed by atoms with Crippen LogP contribution in [0.15, 0.2) is 30.3 Å². The minimum Gasteiger partial charge on any atom is -0.494 e. The van der Waals surface area contributed by atoms with Crippen LogP contribution < -0.4 is 20.7 Å². The molecule has 0 aliphatic carbocycles. The average molecular weight is 620 g/mol. The number of carbonyl (C=O) groups is 2. The second-order valence-electron chi connectivity index (χ2n) is 12.1. The Hall–Kier alpha value is -4.03. The SMILES string of the molecule is COc1cc(C(=O)N[C@H]2CNCC[C@@H]2F)cc2nc(-c3cc4ccc5nc4n3CCCCCC[C@@H](OC)C(=O)N[C@@H]5C)n(C)c12. The number of nitrogens with one attached hydrogen (secondary N) is 3. The summed E-state index contributed by atoms with van der Waals surface area (Å²) in [4.78, 5) is 36.2. The van der Waals surface area contributed by atoms with Gasteiger partial charge in [0.25, 0.3) is 5.91 Å². The average Bonchev–Trinajstić information content (AvgIpc) is 3.57. The van der Waals surface area contributed by atoms with Crippen LogP contribution in [0.5, 0.6) is 5.75 Å². The summed E-state index contributed by atoms with van der Waals surface area (Å²) in [7, 11) is 5.09. The van der Waals surface area contributed by atoms with Crippen molar-refractivity contribution in [3.8, 4) is 17.3 Å². The van der Waals surface area contributed by atoms with Crippen molar-refractivity contribution >= 4 is 33.9 Å². The van der Waals surface area contributed by atoms with Crippen LogP contribution in [0.25, 0.3) is 33.6 Å². The minimum absolute atomic E-state index is 0.123. The number of nitrogens with zero attached hydrogens (tertiary/aromatic N) is 4. The molecule has 1 saturated heterocycles. The molecule has 2 aliphatic heterocycles. The maximum atomic E-state index is 14.5. The molecule has 0 saturated carbocycles. The number of carbonyl (C=O) groups excluding carboxylic acids is 2. The summed E-state index contributed by atoms with van der Waals surface area (Å²) >= 11 is 0. The molecule has 4 aromatic rings. The molecule has 2 bridgehead atoms. The first kappa shape index (κ1) is 31.0. The Kier molecular flexibility index (Phi) is 9.04. The number of hydrogen-bond donors (Lipinski definition) is 3. The number of aryl methyl sites for hydroxylation is 2. The van der Waals surface area contributed by atoms with Gasteiger partial charge in [0.1, 0.15) is 29.2 Å². The lowest BCUT2D eigenvalue weighted by molar-refractivity contribution is -0.132. The van der Waals surface area contributed by atoms with Crippen molar-refractivity contribution in [2.24, 2.45) is 7.05 Å². The number of pyridine rings is 1. The number of aromatic nitrogens is 4. The normalized spacial score (nSPS) is 23.2. The second-order valence-corrected chi connectivity index (χ2v) is 12.1. The Morgan fingerprint density at radius 2 is 1.91 bits per heavy atom. The van der Waals surface area contributed by atoms with Crippen LogP contribution in [-0.2, 0) is 23.1 Å². The van der Waals surface area contributed by atoms with Crippen LogP contribution in [0.3, 0.4) is 0 Å². The van der Waals surface area contributed by atoms with Crippen molar-refractivity contribution in [3.05, 3.63) is 41.6 Å². The van der Waals surface area contributed by atoms with Crippen molar-refractivity contribution < 1.29 is 23.5 Å². The molecule has 4 atom stereocenters. The Labute approximate surface area is 261 Å². The van der Waals surface area contributed by atoms with E-state index in [1.165, 1.54) is 0 Å². The van der Waals surface area contributed by atoms with Gasteiger partial charge in [-0.1, -0.05) is 19.3 Å². The van der Waals surface area contributed by atoms with Gasteiger partial charge in [0.15, 0.2) is 5.82 Å². The predicted octanol–water partition coefficient (Wildman–Crippen LogP) is 4.18. The predicted molar refractivity (Wildman–Crippen MR) is 170 cm³/mol. The Balaban J connectivity index is 1.40. The van der Waals surface area contributed by atoms with Gasteiger partial charge in [-0.3, -0.25) is 9.59 Å². The van der Waals surface area contributed by atoms with Crippen molar-refractivity contribution in [3.63, 3.8) is 0 Å². The summed E-state index contributed by atoms with van der Waals surface area (Å²) in [5.41, 5.74) is 4.21. The van der Waals surface area contributed by atoms with Crippen molar-refractivity contribution in [2.75, 3.05) is 27.3 Å². The van der Waals surface area contributed by atoms with E-state index in [1.807, 2.05) is 30.7 Å². The highest BCUT2D eigenvalue weighted by Crippen LogP contribution is 2.35. The molecule has 11 nitrogen and oxygen atoms in total. The molecule has 6 rings (SSSR count). The summed E-state index contributed by atoms with van der Waals surface area (Å²) in [6.45, 7) is 3.67. The van der Waals surface area contributed by atoms with Crippen molar-refractivity contribution in [1.82, 2.24) is 35.1 Å². The molecule has 1 aromatic carbocycles. The Morgan fingerprint density at radius 3 is 2.69 bits per heavy atom. The Morgan fingerprint density at radius 1 is 1.09 bits per heavy atom. The van der Waals surface area contributed by atoms with E-state index in [-0.39, 0.29) is 17.9 Å². The van der Waals surface area contributed by atoms with E-state index in [2.05, 4.69) is 26.6 Å². The minimum atomic E-state index is -1.09. The number of alkyl halides is 1. The third kappa shape index (κ3) is 6.13. The van der Waals surface area contributed by atoms with Gasteiger partial charge >= 0.3 is 0 Å². The number of hydrogen-bond acceptors (Lipinski definition) is 7. The quantitative estimate of drug-likeness (QED) is 0.306. The molecule has 240 valence electrons. The highest BCUT2D eigenvalue weighted by Gasteiger charge is 2.28. The summed E-state index contributed by atoms with van der Waals surface area (Å²) in [6, 6.07) is 8.60. The fourth-order valence-corrected chi connectivity index (χ4v) is 6.53. The van der Waals surface area contributed by atoms with Crippen molar-refractivity contribution in [2.45, 2.75) is 76.4 Å². The number of piperidine rings is 1. The molecular weight excluding hydrogens is 577 g/mol. The van der Waals surface area contributed by atoms with Gasteiger partial charge in [-0.15, -0.1) is 0 Å². The molecular formula is C33H42FN7O4. The molecule has 12 heteroatoms.